The molecule has 0 unspecified atom stereocenters. The van der Waals surface area contributed by atoms with E-state index in [4.69, 9.17) is 4.74 Å². The van der Waals surface area contributed by atoms with Crippen molar-refractivity contribution >= 4 is 38.8 Å². The van der Waals surface area contributed by atoms with E-state index in [1.807, 2.05) is 4.72 Å². The van der Waals surface area contributed by atoms with Gasteiger partial charge in [-0.25, -0.2) is 18.2 Å². The number of benzene rings is 1. The van der Waals surface area contributed by atoms with E-state index >= 15 is 4.39 Å². The highest BCUT2D eigenvalue weighted by Gasteiger charge is 2.32. The second kappa shape index (κ2) is 12.2. The molecule has 16 heteroatoms. The molecule has 3 N–H and O–H groups in total. The van der Waals surface area contributed by atoms with Crippen LogP contribution in [0.3, 0.4) is 0 Å². The van der Waals surface area contributed by atoms with Crippen LogP contribution in [-0.4, -0.2) is 78.7 Å². The van der Waals surface area contributed by atoms with Gasteiger partial charge in [-0.1, -0.05) is 0 Å². The van der Waals surface area contributed by atoms with Gasteiger partial charge in [0.25, 0.3) is 5.56 Å². The Morgan fingerprint density at radius 3 is 2.67 bits per heavy atom. The number of anilines is 2. The molecule has 216 valence electrons. The maximum Gasteiger partial charge on any atom is 0.301 e. The average Bonchev–Trinajstić information content (AvgIpc) is 3.35. The Hall–Kier alpha value is -3.76. The molecule has 4 rings (SSSR count). The highest BCUT2D eigenvalue weighted by Crippen LogP contribution is 2.31. The minimum Gasteiger partial charge on any atom is -0.378 e. The number of ether oxygens (including phenoxy) is 1. The summed E-state index contributed by atoms with van der Waals surface area (Å²) in [6, 6.07) is 2.95. The van der Waals surface area contributed by atoms with E-state index in [2.05, 4.69) is 20.6 Å². The summed E-state index contributed by atoms with van der Waals surface area (Å²) in [4.78, 5) is 32.5. The lowest BCUT2D eigenvalue weighted by molar-refractivity contribution is -0.119. The van der Waals surface area contributed by atoms with E-state index in [-0.39, 0.29) is 42.6 Å². The summed E-state index contributed by atoms with van der Waals surface area (Å²) in [5.41, 5.74) is -2.28. The standard InChI is InChI=1S/C24H28F3N7O5S/c1-14(35)28-6-9-39-10-7-29-24-30-12-15-11-17(23(36)33(2)22(15)31-24)20-18(26)3-4-19(21(20)27)32-40(37,38)34-8-5-16(25)13-34/h3-4,11-12,16,32H,5-10,13H2,1-2H3,(H,28,35)(H,29,30,31)/t16-/m1/s1. The number of aryl methyl sites for hydroxylation is 1. The molecular weight excluding hydrogens is 555 g/mol. The Labute approximate surface area is 227 Å². The number of halogens is 3. The predicted molar refractivity (Wildman–Crippen MR) is 142 cm³/mol. The van der Waals surface area contributed by atoms with E-state index in [0.29, 0.717) is 31.7 Å². The monoisotopic (exact) mass is 583 g/mol. The van der Waals surface area contributed by atoms with Crippen molar-refractivity contribution in [2.45, 2.75) is 19.5 Å². The summed E-state index contributed by atoms with van der Waals surface area (Å²) in [7, 11) is -2.94. The summed E-state index contributed by atoms with van der Waals surface area (Å²) < 4.78 is 78.4. The lowest BCUT2D eigenvalue weighted by atomic mass is 10.0. The minimum atomic E-state index is -4.31. The molecule has 1 aliphatic rings. The van der Waals surface area contributed by atoms with Crippen LogP contribution in [0.15, 0.2) is 29.2 Å². The fraction of sp³-hybridized carbons (Fsp3) is 0.417. The van der Waals surface area contributed by atoms with Crippen molar-refractivity contribution in [2.75, 3.05) is 49.4 Å². The largest absolute Gasteiger partial charge is 0.378 e. The number of pyridine rings is 1. The van der Waals surface area contributed by atoms with Crippen LogP contribution in [-0.2, 0) is 26.8 Å². The van der Waals surface area contributed by atoms with Gasteiger partial charge < -0.3 is 15.4 Å². The van der Waals surface area contributed by atoms with Crippen LogP contribution >= 0.6 is 0 Å². The molecule has 1 aliphatic heterocycles. The van der Waals surface area contributed by atoms with Crippen molar-refractivity contribution in [1.82, 2.24) is 24.2 Å². The van der Waals surface area contributed by atoms with Crippen molar-refractivity contribution in [3.63, 3.8) is 0 Å². The number of fused-ring (bicyclic) bond motifs is 1. The van der Waals surface area contributed by atoms with Crippen LogP contribution in [0.1, 0.15) is 13.3 Å². The third-order valence-electron chi connectivity index (χ3n) is 6.13. The van der Waals surface area contributed by atoms with Crippen molar-refractivity contribution in [3.8, 4) is 11.1 Å². The second-order valence-electron chi connectivity index (χ2n) is 9.05. The fourth-order valence-electron chi connectivity index (χ4n) is 4.13. The van der Waals surface area contributed by atoms with Crippen molar-refractivity contribution in [3.05, 3.63) is 46.4 Å². The molecule has 0 aliphatic carbocycles. The molecule has 1 fully saturated rings. The summed E-state index contributed by atoms with van der Waals surface area (Å²) in [6.07, 6.45) is 0.0466. The first kappa shape index (κ1) is 29.2. The van der Waals surface area contributed by atoms with Gasteiger partial charge in [0.2, 0.25) is 11.9 Å². The maximum atomic E-state index is 15.5. The topological polar surface area (TPSA) is 148 Å². The zero-order valence-corrected chi connectivity index (χ0v) is 22.5. The first-order valence-corrected chi connectivity index (χ1v) is 13.7. The Bertz CT molecular complexity index is 1590. The van der Waals surface area contributed by atoms with Gasteiger partial charge in [-0.05, 0) is 24.6 Å². The highest BCUT2D eigenvalue weighted by molar-refractivity contribution is 7.90. The molecule has 40 heavy (non-hydrogen) atoms. The van der Waals surface area contributed by atoms with Crippen LogP contribution in [0.4, 0.5) is 24.8 Å². The molecule has 1 saturated heterocycles. The van der Waals surface area contributed by atoms with Gasteiger partial charge in [0.05, 0.1) is 30.0 Å². The zero-order chi connectivity index (χ0) is 29.0. The van der Waals surface area contributed by atoms with Crippen LogP contribution in [0.25, 0.3) is 22.2 Å². The Morgan fingerprint density at radius 1 is 1.23 bits per heavy atom. The summed E-state index contributed by atoms with van der Waals surface area (Å²) >= 11 is 0. The van der Waals surface area contributed by atoms with E-state index < -0.39 is 44.8 Å². The summed E-state index contributed by atoms with van der Waals surface area (Å²) in [6.45, 7) is 2.27. The summed E-state index contributed by atoms with van der Waals surface area (Å²) in [5, 5.41) is 5.84. The minimum absolute atomic E-state index is 0.0121. The highest BCUT2D eigenvalue weighted by atomic mass is 32.2. The quantitative estimate of drug-likeness (QED) is 0.288. The van der Waals surface area contributed by atoms with Gasteiger partial charge in [0, 0.05) is 51.7 Å². The molecule has 0 radical (unpaired) electrons. The number of nitrogens with one attached hydrogen (secondary N) is 3. The number of hydrogen-bond donors (Lipinski definition) is 3. The number of carbonyl (C=O) groups excluding carboxylic acids is 1. The molecule has 3 aromatic rings. The van der Waals surface area contributed by atoms with Gasteiger partial charge in [-0.2, -0.15) is 17.7 Å². The number of hydrogen-bond acceptors (Lipinski definition) is 8. The molecule has 3 heterocycles. The van der Waals surface area contributed by atoms with Gasteiger partial charge in [-0.3, -0.25) is 18.9 Å². The number of nitrogens with zero attached hydrogens (tertiary/aromatic N) is 4. The van der Waals surface area contributed by atoms with Crippen molar-refractivity contribution in [1.29, 1.82) is 0 Å². The molecule has 2 aromatic heterocycles. The number of aromatic nitrogens is 3. The number of rotatable bonds is 11. The predicted octanol–water partition coefficient (Wildman–Crippen LogP) is 1.54. The molecule has 0 bridgehead atoms. The first-order chi connectivity index (χ1) is 19.0. The molecule has 1 atom stereocenters. The van der Waals surface area contributed by atoms with E-state index in [0.717, 1.165) is 21.0 Å². The van der Waals surface area contributed by atoms with Gasteiger partial charge in [0.1, 0.15) is 17.6 Å². The third kappa shape index (κ3) is 6.51. The van der Waals surface area contributed by atoms with Crippen LogP contribution in [0, 0.1) is 11.6 Å². The third-order valence-corrected chi connectivity index (χ3v) is 7.62. The Kier molecular flexibility index (Phi) is 8.90. The molecular formula is C24H28F3N7O5S. The maximum absolute atomic E-state index is 15.5. The molecule has 0 saturated carbocycles. The van der Waals surface area contributed by atoms with Gasteiger partial charge in [-0.15, -0.1) is 0 Å². The van der Waals surface area contributed by atoms with E-state index in [1.54, 1.807) is 0 Å². The van der Waals surface area contributed by atoms with Crippen molar-refractivity contribution < 1.29 is 31.1 Å². The van der Waals surface area contributed by atoms with Crippen LogP contribution < -0.4 is 20.9 Å². The lowest BCUT2D eigenvalue weighted by Crippen LogP contribution is -2.34. The normalized spacial score (nSPS) is 15.9. The number of carbonyl (C=O) groups is 1. The molecule has 1 amide bonds. The fourth-order valence-corrected chi connectivity index (χ4v) is 5.40. The average molecular weight is 584 g/mol. The van der Waals surface area contributed by atoms with E-state index in [1.165, 1.54) is 26.2 Å². The van der Waals surface area contributed by atoms with Gasteiger partial charge >= 0.3 is 10.2 Å². The Morgan fingerprint density at radius 2 is 1.98 bits per heavy atom. The second-order valence-corrected chi connectivity index (χ2v) is 10.7. The SMILES string of the molecule is CC(=O)NCCOCCNc1ncc2cc(-c3c(F)ccc(NS(=O)(=O)N4CC[C@@H](F)C4)c3F)c(=O)n(C)c2n1. The Balaban J connectivity index is 1.56. The van der Waals surface area contributed by atoms with Crippen LogP contribution in [0.5, 0.6) is 0 Å². The number of alkyl halides is 1. The lowest BCUT2D eigenvalue weighted by Gasteiger charge is -2.18. The van der Waals surface area contributed by atoms with Crippen LogP contribution in [0.2, 0.25) is 0 Å². The summed E-state index contributed by atoms with van der Waals surface area (Å²) in [5.74, 6) is -2.35. The van der Waals surface area contributed by atoms with Crippen molar-refractivity contribution in [2.24, 2.45) is 7.05 Å². The van der Waals surface area contributed by atoms with Gasteiger partial charge in [0.15, 0.2) is 5.82 Å². The molecule has 1 aromatic carbocycles. The number of amides is 1. The molecule has 12 nitrogen and oxygen atoms in total. The smallest absolute Gasteiger partial charge is 0.301 e. The molecule has 0 spiro atoms. The first-order valence-electron chi connectivity index (χ1n) is 12.3. The van der Waals surface area contributed by atoms with E-state index in [9.17, 15) is 26.8 Å². The zero-order valence-electron chi connectivity index (χ0n) is 21.7.